The van der Waals surface area contributed by atoms with Crippen LogP contribution in [0.15, 0.2) is 65.6 Å². The summed E-state index contributed by atoms with van der Waals surface area (Å²) in [5.41, 5.74) is 5.53. The number of carbonyl (C=O) groups is 1. The number of rotatable bonds is 8. The molecule has 33 heavy (non-hydrogen) atoms. The third kappa shape index (κ3) is 5.80. The molecule has 0 aromatic heterocycles. The molecule has 0 heterocycles. The Hall–Kier alpha value is -3.16. The van der Waals surface area contributed by atoms with Gasteiger partial charge in [0.1, 0.15) is 10.6 Å². The van der Waals surface area contributed by atoms with E-state index in [0.717, 1.165) is 22.3 Å². The fourth-order valence-electron chi connectivity index (χ4n) is 3.69. The second-order valence-electron chi connectivity index (χ2n) is 8.16. The highest BCUT2D eigenvalue weighted by Gasteiger charge is 2.22. The summed E-state index contributed by atoms with van der Waals surface area (Å²) in [4.78, 5) is 12.9. The van der Waals surface area contributed by atoms with Gasteiger partial charge in [0.15, 0.2) is 0 Å². The summed E-state index contributed by atoms with van der Waals surface area (Å²) in [5, 5.41) is 2.98. The maximum Gasteiger partial charge on any atom is 0.251 e. The van der Waals surface area contributed by atoms with E-state index in [1.807, 2.05) is 51.1 Å². The molecule has 0 fully saturated rings. The van der Waals surface area contributed by atoms with Crippen molar-refractivity contribution in [2.24, 2.45) is 0 Å². The van der Waals surface area contributed by atoms with Crippen molar-refractivity contribution in [3.05, 3.63) is 94.0 Å². The molecule has 0 spiro atoms. The molecule has 0 aliphatic heterocycles. The van der Waals surface area contributed by atoms with E-state index in [0.29, 0.717) is 0 Å². The zero-order valence-corrected chi connectivity index (χ0v) is 20.4. The topological polar surface area (TPSA) is 84.5 Å². The van der Waals surface area contributed by atoms with E-state index < -0.39 is 10.0 Å². The average Bonchev–Trinajstić information content (AvgIpc) is 2.80. The number of aryl methyl sites for hydroxylation is 3. The Bertz CT molecular complexity index is 1250. The van der Waals surface area contributed by atoms with E-state index in [-0.39, 0.29) is 34.7 Å². The van der Waals surface area contributed by atoms with Crippen molar-refractivity contribution in [1.29, 1.82) is 0 Å². The van der Waals surface area contributed by atoms with E-state index >= 15 is 0 Å². The lowest BCUT2D eigenvalue weighted by Gasteiger charge is -2.19. The highest BCUT2D eigenvalue weighted by molar-refractivity contribution is 7.89. The van der Waals surface area contributed by atoms with E-state index in [9.17, 15) is 13.2 Å². The molecule has 6 nitrogen and oxygen atoms in total. The second-order valence-corrected chi connectivity index (χ2v) is 9.90. The Labute approximate surface area is 196 Å². The number of hydrogen-bond acceptors (Lipinski definition) is 4. The fraction of sp³-hybridized carbons (Fsp3) is 0.269. The molecule has 3 rings (SSSR count). The predicted molar refractivity (Wildman–Crippen MR) is 130 cm³/mol. The SMILES string of the molecule is COc1ccc(C(=O)N[C@H](C)c2cc(C)c(C)cc2C)cc1S(=O)(=O)NCc1ccccc1. The lowest BCUT2D eigenvalue weighted by molar-refractivity contribution is 0.0939. The van der Waals surface area contributed by atoms with Crippen LogP contribution in [0.1, 0.15) is 51.1 Å². The Morgan fingerprint density at radius 3 is 2.27 bits per heavy atom. The summed E-state index contributed by atoms with van der Waals surface area (Å²) in [6.45, 7) is 8.15. The normalized spacial score (nSPS) is 12.3. The van der Waals surface area contributed by atoms with Crippen molar-refractivity contribution in [3.8, 4) is 5.75 Å². The summed E-state index contributed by atoms with van der Waals surface area (Å²) < 4.78 is 33.8. The number of sulfonamides is 1. The predicted octanol–water partition coefficient (Wildman–Crippen LogP) is 4.59. The Kier molecular flexibility index (Phi) is 7.56. The van der Waals surface area contributed by atoms with Crippen LogP contribution in [0.4, 0.5) is 0 Å². The Morgan fingerprint density at radius 2 is 1.61 bits per heavy atom. The van der Waals surface area contributed by atoms with Gasteiger partial charge in [0.25, 0.3) is 5.91 Å². The van der Waals surface area contributed by atoms with Crippen molar-refractivity contribution in [2.75, 3.05) is 7.11 Å². The van der Waals surface area contributed by atoms with E-state index in [4.69, 9.17) is 4.74 Å². The number of benzene rings is 3. The standard InChI is InChI=1S/C26H30N2O4S/c1-17-13-19(3)23(14-18(17)2)20(4)28-26(29)22-11-12-24(32-5)25(15-22)33(30,31)27-16-21-9-7-6-8-10-21/h6-15,20,27H,16H2,1-5H3,(H,28,29)/t20-/m1/s1. The minimum atomic E-state index is -3.91. The molecular weight excluding hydrogens is 436 g/mol. The van der Waals surface area contributed by atoms with Gasteiger partial charge in [-0.05, 0) is 73.7 Å². The van der Waals surface area contributed by atoms with Gasteiger partial charge in [-0.2, -0.15) is 0 Å². The van der Waals surface area contributed by atoms with Crippen molar-refractivity contribution >= 4 is 15.9 Å². The molecule has 1 amide bonds. The maximum atomic E-state index is 13.0. The van der Waals surface area contributed by atoms with Crippen LogP contribution in [0.3, 0.4) is 0 Å². The van der Waals surface area contributed by atoms with Crippen LogP contribution in [0, 0.1) is 20.8 Å². The molecule has 0 aliphatic carbocycles. The van der Waals surface area contributed by atoms with Crippen LogP contribution in [0.25, 0.3) is 0 Å². The van der Waals surface area contributed by atoms with Crippen LogP contribution in [-0.2, 0) is 16.6 Å². The number of amides is 1. The van der Waals surface area contributed by atoms with Gasteiger partial charge in [-0.1, -0.05) is 42.5 Å². The lowest BCUT2D eigenvalue weighted by Crippen LogP contribution is -2.28. The monoisotopic (exact) mass is 466 g/mol. The number of ether oxygens (including phenoxy) is 1. The van der Waals surface area contributed by atoms with Crippen LogP contribution in [-0.4, -0.2) is 21.4 Å². The van der Waals surface area contributed by atoms with Gasteiger partial charge in [-0.25, -0.2) is 13.1 Å². The van der Waals surface area contributed by atoms with Crippen molar-refractivity contribution in [2.45, 2.75) is 45.2 Å². The number of hydrogen-bond donors (Lipinski definition) is 2. The molecular formula is C26H30N2O4S. The summed E-state index contributed by atoms with van der Waals surface area (Å²) in [6, 6.07) is 17.6. The largest absolute Gasteiger partial charge is 0.495 e. The zero-order chi connectivity index (χ0) is 24.2. The van der Waals surface area contributed by atoms with Gasteiger partial charge >= 0.3 is 0 Å². The zero-order valence-electron chi connectivity index (χ0n) is 19.6. The molecule has 0 aliphatic rings. The first-order chi connectivity index (χ1) is 15.6. The summed E-state index contributed by atoms with van der Waals surface area (Å²) in [6.07, 6.45) is 0. The minimum Gasteiger partial charge on any atom is -0.495 e. The third-order valence-corrected chi connectivity index (χ3v) is 7.14. The van der Waals surface area contributed by atoms with Crippen LogP contribution < -0.4 is 14.8 Å². The van der Waals surface area contributed by atoms with Gasteiger partial charge in [-0.15, -0.1) is 0 Å². The van der Waals surface area contributed by atoms with Gasteiger partial charge < -0.3 is 10.1 Å². The molecule has 0 bridgehead atoms. The Morgan fingerprint density at radius 1 is 0.939 bits per heavy atom. The van der Waals surface area contributed by atoms with Crippen molar-refractivity contribution in [3.63, 3.8) is 0 Å². The van der Waals surface area contributed by atoms with E-state index in [1.54, 1.807) is 6.07 Å². The molecule has 174 valence electrons. The molecule has 3 aromatic carbocycles. The van der Waals surface area contributed by atoms with Crippen LogP contribution in [0.5, 0.6) is 5.75 Å². The van der Waals surface area contributed by atoms with E-state index in [2.05, 4.69) is 29.1 Å². The summed E-state index contributed by atoms with van der Waals surface area (Å²) in [7, 11) is -2.51. The maximum absolute atomic E-state index is 13.0. The van der Waals surface area contributed by atoms with Crippen LogP contribution in [0.2, 0.25) is 0 Å². The first-order valence-corrected chi connectivity index (χ1v) is 12.2. The smallest absolute Gasteiger partial charge is 0.251 e. The average molecular weight is 467 g/mol. The second kappa shape index (κ2) is 10.2. The Balaban J connectivity index is 1.83. The highest BCUT2D eigenvalue weighted by Crippen LogP contribution is 2.26. The minimum absolute atomic E-state index is 0.0800. The van der Waals surface area contributed by atoms with Gasteiger partial charge in [0.2, 0.25) is 10.0 Å². The molecule has 0 unspecified atom stereocenters. The third-order valence-electron chi connectivity index (χ3n) is 5.72. The molecule has 2 N–H and O–H groups in total. The quantitative estimate of drug-likeness (QED) is 0.509. The van der Waals surface area contributed by atoms with Gasteiger partial charge in [0, 0.05) is 12.1 Å². The van der Waals surface area contributed by atoms with Crippen molar-refractivity contribution < 1.29 is 17.9 Å². The molecule has 0 saturated carbocycles. The van der Waals surface area contributed by atoms with Crippen LogP contribution >= 0.6 is 0 Å². The molecule has 3 aromatic rings. The van der Waals surface area contributed by atoms with Gasteiger partial charge in [0.05, 0.1) is 13.2 Å². The van der Waals surface area contributed by atoms with Gasteiger partial charge in [-0.3, -0.25) is 4.79 Å². The first-order valence-electron chi connectivity index (χ1n) is 10.7. The lowest BCUT2D eigenvalue weighted by atomic mass is 9.96. The molecule has 7 heteroatoms. The van der Waals surface area contributed by atoms with Crippen molar-refractivity contribution in [1.82, 2.24) is 10.0 Å². The molecule has 1 atom stereocenters. The highest BCUT2D eigenvalue weighted by atomic mass is 32.2. The number of nitrogens with one attached hydrogen (secondary N) is 2. The number of carbonyl (C=O) groups excluding carboxylic acids is 1. The fourth-order valence-corrected chi connectivity index (χ4v) is 4.90. The summed E-state index contributed by atoms with van der Waals surface area (Å²) >= 11 is 0. The molecule has 0 saturated heterocycles. The molecule has 0 radical (unpaired) electrons. The first kappa shape index (κ1) is 24.5. The number of methoxy groups -OCH3 is 1. The summed E-state index contributed by atoms with van der Waals surface area (Å²) in [5.74, 6) is -0.188. The van der Waals surface area contributed by atoms with E-state index in [1.165, 1.54) is 24.8 Å².